The maximum atomic E-state index is 12.8. The number of fused-ring (bicyclic) bond motifs is 1. The lowest BCUT2D eigenvalue weighted by atomic mass is 9.90. The Bertz CT molecular complexity index is 1670. The zero-order chi connectivity index (χ0) is 28.9. The number of rotatable bonds is 9. The molecule has 1 amide bonds. The summed E-state index contributed by atoms with van der Waals surface area (Å²) in [6.45, 7) is 1.75. The first-order chi connectivity index (χ1) is 20.5. The largest absolute Gasteiger partial charge is 0.348 e. The Morgan fingerprint density at radius 3 is 2.57 bits per heavy atom. The monoisotopic (exact) mass is 596 g/mol. The van der Waals surface area contributed by atoms with Crippen molar-refractivity contribution in [1.29, 1.82) is 0 Å². The molecule has 0 saturated heterocycles. The van der Waals surface area contributed by atoms with Crippen LogP contribution in [0.2, 0.25) is 10.0 Å². The molecule has 2 aromatic carbocycles. The van der Waals surface area contributed by atoms with Gasteiger partial charge in [0.1, 0.15) is 5.82 Å². The number of benzene rings is 2. The molecule has 0 bridgehead atoms. The smallest absolute Gasteiger partial charge is 0.254 e. The van der Waals surface area contributed by atoms with Crippen molar-refractivity contribution in [2.75, 3.05) is 0 Å². The number of pyridine rings is 2. The number of aromatic nitrogens is 4. The second kappa shape index (κ2) is 12.9. The van der Waals surface area contributed by atoms with E-state index in [9.17, 15) is 4.79 Å². The Morgan fingerprint density at radius 2 is 1.74 bits per heavy atom. The number of aryl methyl sites for hydroxylation is 1. The normalized spacial score (nSPS) is 14.5. The van der Waals surface area contributed by atoms with Crippen LogP contribution in [0.1, 0.15) is 57.3 Å². The van der Waals surface area contributed by atoms with Crippen LogP contribution < -0.4 is 5.32 Å². The molecule has 1 atom stereocenters. The highest BCUT2D eigenvalue weighted by Crippen LogP contribution is 2.35. The number of hydrogen-bond donors (Lipinski definition) is 2. The maximum absolute atomic E-state index is 12.8. The SMILES string of the molecule is O=C(NCc1cccc(CN(Cc2cnc(-c3ccccc3)[nH]2)C2CCCc3cccnc32)c1)c1c(Cl)cncc1Cl. The van der Waals surface area contributed by atoms with Crippen molar-refractivity contribution < 1.29 is 4.79 Å². The number of aromatic amines is 1. The molecule has 2 N–H and O–H groups in total. The number of imidazole rings is 1. The van der Waals surface area contributed by atoms with Gasteiger partial charge in [0.2, 0.25) is 0 Å². The molecule has 1 aliphatic carbocycles. The van der Waals surface area contributed by atoms with Crippen molar-refractivity contribution in [2.24, 2.45) is 0 Å². The Labute approximate surface area is 255 Å². The molecule has 0 spiro atoms. The summed E-state index contributed by atoms with van der Waals surface area (Å²) in [6, 6.07) is 22.8. The Hall–Kier alpha value is -4.04. The quantitative estimate of drug-likeness (QED) is 0.188. The van der Waals surface area contributed by atoms with Crippen LogP contribution in [-0.2, 0) is 26.1 Å². The fraction of sp³-hybridized carbons (Fsp3) is 0.212. The molecule has 0 saturated carbocycles. The van der Waals surface area contributed by atoms with E-state index in [4.69, 9.17) is 28.2 Å². The van der Waals surface area contributed by atoms with Crippen LogP contribution in [0.15, 0.2) is 91.5 Å². The molecular formula is C33H30Cl2N6O. The Kier molecular flexibility index (Phi) is 8.60. The third-order valence-corrected chi connectivity index (χ3v) is 8.14. The highest BCUT2D eigenvalue weighted by Gasteiger charge is 2.28. The van der Waals surface area contributed by atoms with Crippen LogP contribution in [0.5, 0.6) is 0 Å². The van der Waals surface area contributed by atoms with Gasteiger partial charge >= 0.3 is 0 Å². The number of carbonyl (C=O) groups excluding carboxylic acids is 1. The van der Waals surface area contributed by atoms with Crippen LogP contribution in [-0.4, -0.2) is 30.7 Å². The van der Waals surface area contributed by atoms with Gasteiger partial charge in [0, 0.05) is 55.7 Å². The molecule has 7 nitrogen and oxygen atoms in total. The lowest BCUT2D eigenvalue weighted by Gasteiger charge is -2.35. The predicted octanol–water partition coefficient (Wildman–Crippen LogP) is 7.18. The summed E-state index contributed by atoms with van der Waals surface area (Å²) in [5, 5.41) is 3.38. The first-order valence-corrected chi connectivity index (χ1v) is 14.7. The van der Waals surface area contributed by atoms with Crippen molar-refractivity contribution in [2.45, 2.75) is 44.9 Å². The minimum Gasteiger partial charge on any atom is -0.348 e. The number of hydrogen-bond acceptors (Lipinski definition) is 5. The number of nitrogens with zero attached hydrogens (tertiary/aromatic N) is 4. The minimum atomic E-state index is -0.335. The number of carbonyl (C=O) groups is 1. The summed E-state index contributed by atoms with van der Waals surface area (Å²) in [5.74, 6) is 0.526. The lowest BCUT2D eigenvalue weighted by molar-refractivity contribution is 0.0951. The topological polar surface area (TPSA) is 86.8 Å². The fourth-order valence-electron chi connectivity index (χ4n) is 5.59. The molecule has 6 rings (SSSR count). The average Bonchev–Trinajstić information content (AvgIpc) is 3.49. The zero-order valence-electron chi connectivity index (χ0n) is 22.9. The van der Waals surface area contributed by atoms with E-state index in [-0.39, 0.29) is 27.6 Å². The number of H-pyrrole nitrogens is 1. The highest BCUT2D eigenvalue weighted by molar-refractivity contribution is 6.39. The summed E-state index contributed by atoms with van der Waals surface area (Å²) in [6.07, 6.45) is 9.85. The van der Waals surface area contributed by atoms with Gasteiger partial charge in [0.15, 0.2) is 0 Å². The second-order valence-electron chi connectivity index (χ2n) is 10.5. The molecule has 0 aliphatic heterocycles. The van der Waals surface area contributed by atoms with Gasteiger partial charge in [-0.3, -0.25) is 19.7 Å². The maximum Gasteiger partial charge on any atom is 0.254 e. The molecule has 0 radical (unpaired) electrons. The van der Waals surface area contributed by atoms with Crippen LogP contribution in [0.4, 0.5) is 0 Å². The average molecular weight is 598 g/mol. The predicted molar refractivity (Wildman–Crippen MR) is 165 cm³/mol. The summed E-state index contributed by atoms with van der Waals surface area (Å²) >= 11 is 12.4. The van der Waals surface area contributed by atoms with Crippen molar-refractivity contribution in [3.63, 3.8) is 0 Å². The molecule has 0 fully saturated rings. The molecule has 1 unspecified atom stereocenters. The number of halogens is 2. The highest BCUT2D eigenvalue weighted by atomic mass is 35.5. The molecule has 1 aliphatic rings. The van der Waals surface area contributed by atoms with E-state index in [1.807, 2.05) is 48.8 Å². The van der Waals surface area contributed by atoms with Gasteiger partial charge in [-0.15, -0.1) is 0 Å². The van der Waals surface area contributed by atoms with E-state index in [2.05, 4.69) is 55.5 Å². The molecular weight excluding hydrogens is 567 g/mol. The van der Waals surface area contributed by atoms with Gasteiger partial charge in [-0.1, -0.05) is 83.9 Å². The second-order valence-corrected chi connectivity index (χ2v) is 11.3. The summed E-state index contributed by atoms with van der Waals surface area (Å²) < 4.78 is 0. The van der Waals surface area contributed by atoms with Gasteiger partial charge in [0.25, 0.3) is 5.91 Å². The fourth-order valence-corrected chi connectivity index (χ4v) is 6.13. The summed E-state index contributed by atoms with van der Waals surface area (Å²) in [4.78, 5) is 32.2. The van der Waals surface area contributed by atoms with E-state index >= 15 is 0 Å². The van der Waals surface area contributed by atoms with Gasteiger partial charge < -0.3 is 10.3 Å². The van der Waals surface area contributed by atoms with Crippen molar-refractivity contribution in [3.05, 3.63) is 135 Å². The van der Waals surface area contributed by atoms with E-state index in [0.29, 0.717) is 19.6 Å². The van der Waals surface area contributed by atoms with Crippen molar-refractivity contribution in [3.8, 4) is 11.4 Å². The third kappa shape index (κ3) is 6.39. The molecule has 212 valence electrons. The van der Waals surface area contributed by atoms with E-state index in [1.165, 1.54) is 18.0 Å². The molecule has 9 heteroatoms. The zero-order valence-corrected chi connectivity index (χ0v) is 24.4. The molecule has 3 aromatic heterocycles. The number of nitrogens with one attached hydrogen (secondary N) is 2. The van der Waals surface area contributed by atoms with Crippen LogP contribution in [0, 0.1) is 0 Å². The van der Waals surface area contributed by atoms with E-state index < -0.39 is 0 Å². The first-order valence-electron chi connectivity index (χ1n) is 14.0. The van der Waals surface area contributed by atoms with E-state index in [0.717, 1.165) is 53.2 Å². The summed E-state index contributed by atoms with van der Waals surface area (Å²) in [5.41, 5.74) is 6.94. The van der Waals surface area contributed by atoms with Gasteiger partial charge in [-0.25, -0.2) is 4.98 Å². The Morgan fingerprint density at radius 1 is 0.929 bits per heavy atom. The van der Waals surface area contributed by atoms with Gasteiger partial charge in [-0.2, -0.15) is 0 Å². The minimum absolute atomic E-state index is 0.178. The first kappa shape index (κ1) is 28.1. The molecule has 3 heterocycles. The standard InChI is InChI=1S/C33H30Cl2N6O/c34-27-18-36-19-28(35)30(27)33(42)39-16-22-7-4-8-23(15-22)20-41(29-13-5-11-24-12-6-14-37-31(24)29)21-26-17-38-32(40-26)25-9-2-1-3-10-25/h1-4,6-10,12,14-15,17-19,29H,5,11,13,16,20-21H2,(H,38,40)(H,39,42). The van der Waals surface area contributed by atoms with Crippen molar-refractivity contribution in [1.82, 2.24) is 30.2 Å². The number of amides is 1. The van der Waals surface area contributed by atoms with Crippen LogP contribution in [0.3, 0.4) is 0 Å². The van der Waals surface area contributed by atoms with Gasteiger partial charge in [-0.05, 0) is 42.0 Å². The molecule has 5 aromatic rings. The lowest BCUT2D eigenvalue weighted by Crippen LogP contribution is -2.31. The Balaban J connectivity index is 1.23. The van der Waals surface area contributed by atoms with Crippen LogP contribution >= 0.6 is 23.2 Å². The summed E-state index contributed by atoms with van der Waals surface area (Å²) in [7, 11) is 0. The van der Waals surface area contributed by atoms with Gasteiger partial charge in [0.05, 0.1) is 27.3 Å². The van der Waals surface area contributed by atoms with Crippen molar-refractivity contribution >= 4 is 29.1 Å². The van der Waals surface area contributed by atoms with E-state index in [1.54, 1.807) is 0 Å². The molecule has 42 heavy (non-hydrogen) atoms. The third-order valence-electron chi connectivity index (χ3n) is 7.57. The van der Waals surface area contributed by atoms with Crippen LogP contribution in [0.25, 0.3) is 11.4 Å².